The van der Waals surface area contributed by atoms with E-state index in [9.17, 15) is 4.79 Å². The fourth-order valence-electron chi connectivity index (χ4n) is 2.20. The maximum Gasteiger partial charge on any atom is 0.251 e. The summed E-state index contributed by atoms with van der Waals surface area (Å²) < 4.78 is 2.75. The first-order valence-corrected chi connectivity index (χ1v) is 7.98. The molecule has 1 aromatic carbocycles. The molecule has 6 nitrogen and oxygen atoms in total. The van der Waals surface area contributed by atoms with Crippen molar-refractivity contribution in [3.63, 3.8) is 0 Å². The highest BCUT2D eigenvalue weighted by atomic mass is 32.1. The van der Waals surface area contributed by atoms with Crippen LogP contribution in [0.4, 0.5) is 0 Å². The van der Waals surface area contributed by atoms with Gasteiger partial charge in [0.2, 0.25) is 0 Å². The lowest BCUT2D eigenvalue weighted by atomic mass is 10.0. The number of hydrogen-bond acceptors (Lipinski definition) is 5. The minimum absolute atomic E-state index is 0.00800. The molecule has 0 saturated heterocycles. The first kappa shape index (κ1) is 14.6. The van der Waals surface area contributed by atoms with Crippen molar-refractivity contribution in [3.05, 3.63) is 41.9 Å². The lowest BCUT2D eigenvalue weighted by Crippen LogP contribution is -2.41. The van der Waals surface area contributed by atoms with Gasteiger partial charge in [-0.1, -0.05) is 13.8 Å². The zero-order chi connectivity index (χ0) is 15.5. The molecule has 2 aromatic heterocycles. The van der Waals surface area contributed by atoms with Gasteiger partial charge in [0, 0.05) is 5.56 Å². The number of fused-ring (bicyclic) bond motifs is 1. The Morgan fingerprint density at radius 3 is 3.00 bits per heavy atom. The summed E-state index contributed by atoms with van der Waals surface area (Å²) >= 11 is 1.53. The third-order valence-corrected chi connectivity index (χ3v) is 4.36. The molecule has 1 amide bonds. The highest BCUT2D eigenvalue weighted by molar-refractivity contribution is 7.16. The largest absolute Gasteiger partial charge is 0.347 e. The number of nitrogens with one attached hydrogen (secondary N) is 1. The predicted molar refractivity (Wildman–Crippen MR) is 85.7 cm³/mol. The van der Waals surface area contributed by atoms with Gasteiger partial charge in [-0.2, -0.15) is 5.10 Å². The number of carbonyl (C=O) groups is 1. The van der Waals surface area contributed by atoms with Gasteiger partial charge < -0.3 is 5.32 Å². The van der Waals surface area contributed by atoms with Crippen molar-refractivity contribution in [2.24, 2.45) is 5.92 Å². The summed E-state index contributed by atoms with van der Waals surface area (Å²) in [6, 6.07) is 5.56. The topological polar surface area (TPSA) is 72.7 Å². The summed E-state index contributed by atoms with van der Waals surface area (Å²) in [6.07, 6.45) is 3.15. The van der Waals surface area contributed by atoms with Gasteiger partial charge in [-0.05, 0) is 24.1 Å². The monoisotopic (exact) mass is 315 g/mol. The second-order valence-corrected chi connectivity index (χ2v) is 6.36. The summed E-state index contributed by atoms with van der Waals surface area (Å²) in [4.78, 5) is 20.6. The van der Waals surface area contributed by atoms with Crippen LogP contribution >= 0.6 is 11.3 Å². The van der Waals surface area contributed by atoms with Crippen molar-refractivity contribution in [1.82, 2.24) is 25.1 Å². The summed E-state index contributed by atoms with van der Waals surface area (Å²) in [7, 11) is 0. The number of amides is 1. The van der Waals surface area contributed by atoms with Gasteiger partial charge in [-0.3, -0.25) is 9.48 Å². The van der Waals surface area contributed by atoms with E-state index in [1.54, 1.807) is 16.5 Å². The van der Waals surface area contributed by atoms with Crippen LogP contribution < -0.4 is 5.32 Å². The molecule has 0 bridgehead atoms. The highest BCUT2D eigenvalue weighted by Crippen LogP contribution is 2.19. The minimum Gasteiger partial charge on any atom is -0.347 e. The van der Waals surface area contributed by atoms with Gasteiger partial charge in [-0.15, -0.1) is 11.3 Å². The molecule has 2 heterocycles. The number of hydrogen-bond donors (Lipinski definition) is 1. The number of benzene rings is 1. The van der Waals surface area contributed by atoms with Crippen LogP contribution in [0.5, 0.6) is 0 Å². The smallest absolute Gasteiger partial charge is 0.251 e. The number of aromatic nitrogens is 4. The molecular formula is C15H17N5OS. The average Bonchev–Trinajstić information content (AvgIpc) is 3.16. The Morgan fingerprint density at radius 2 is 2.27 bits per heavy atom. The summed E-state index contributed by atoms with van der Waals surface area (Å²) in [6.45, 7) is 4.76. The Kier molecular flexibility index (Phi) is 4.15. The Balaban J connectivity index is 1.75. The lowest BCUT2D eigenvalue weighted by molar-refractivity contribution is 0.0919. The van der Waals surface area contributed by atoms with Crippen molar-refractivity contribution >= 4 is 27.5 Å². The molecule has 0 aliphatic carbocycles. The van der Waals surface area contributed by atoms with E-state index in [1.807, 2.05) is 18.2 Å². The number of thiazole rings is 1. The molecule has 0 aliphatic heterocycles. The van der Waals surface area contributed by atoms with E-state index in [0.717, 1.165) is 10.2 Å². The van der Waals surface area contributed by atoms with E-state index in [-0.39, 0.29) is 11.9 Å². The Labute approximate surface area is 132 Å². The molecule has 0 aliphatic rings. The molecule has 0 fully saturated rings. The number of carbonyl (C=O) groups excluding carboxylic acids is 1. The molecule has 114 valence electrons. The standard InChI is InChI=1S/C15H17N5OS/c1-10(2)13(6-20-8-16-7-18-20)19-15(21)11-3-4-12-14(5-11)22-9-17-12/h3-5,7-10,13H,6H2,1-2H3,(H,19,21)/t13-/m1/s1. The van der Waals surface area contributed by atoms with Gasteiger partial charge in [-0.25, -0.2) is 9.97 Å². The van der Waals surface area contributed by atoms with Crippen LogP contribution in [0.15, 0.2) is 36.4 Å². The first-order chi connectivity index (χ1) is 10.6. The predicted octanol–water partition coefficient (Wildman–Crippen LogP) is 2.34. The first-order valence-electron chi connectivity index (χ1n) is 7.10. The number of nitrogens with zero attached hydrogens (tertiary/aromatic N) is 4. The Hall–Kier alpha value is -2.28. The third-order valence-electron chi connectivity index (χ3n) is 3.57. The van der Waals surface area contributed by atoms with Gasteiger partial charge in [0.1, 0.15) is 12.7 Å². The van der Waals surface area contributed by atoms with Crippen LogP contribution in [-0.2, 0) is 6.54 Å². The van der Waals surface area contributed by atoms with Gasteiger partial charge in [0.05, 0.1) is 28.3 Å². The van der Waals surface area contributed by atoms with E-state index < -0.39 is 0 Å². The third kappa shape index (κ3) is 3.14. The molecule has 1 N–H and O–H groups in total. The second-order valence-electron chi connectivity index (χ2n) is 5.48. The molecule has 0 spiro atoms. The SMILES string of the molecule is CC(C)[C@@H](Cn1cncn1)NC(=O)c1ccc2ncsc2c1. The van der Waals surface area contributed by atoms with Crippen LogP contribution in [0.25, 0.3) is 10.2 Å². The summed E-state index contributed by atoms with van der Waals surface area (Å²) in [5, 5.41) is 7.18. The lowest BCUT2D eigenvalue weighted by Gasteiger charge is -2.22. The van der Waals surface area contributed by atoms with E-state index in [4.69, 9.17) is 0 Å². The second kappa shape index (κ2) is 6.23. The van der Waals surface area contributed by atoms with Crippen molar-refractivity contribution in [1.29, 1.82) is 0 Å². The number of rotatable bonds is 5. The fourth-order valence-corrected chi connectivity index (χ4v) is 2.92. The van der Waals surface area contributed by atoms with Crippen LogP contribution in [0.1, 0.15) is 24.2 Å². The zero-order valence-corrected chi connectivity index (χ0v) is 13.2. The van der Waals surface area contributed by atoms with Gasteiger partial charge in [0.25, 0.3) is 5.91 Å². The normalized spacial score (nSPS) is 12.7. The quantitative estimate of drug-likeness (QED) is 0.784. The summed E-state index contributed by atoms with van der Waals surface area (Å²) in [5.74, 6) is 0.217. The molecule has 22 heavy (non-hydrogen) atoms. The summed E-state index contributed by atoms with van der Waals surface area (Å²) in [5.41, 5.74) is 3.36. The molecule has 0 radical (unpaired) electrons. The zero-order valence-electron chi connectivity index (χ0n) is 12.4. The van der Waals surface area contributed by atoms with E-state index >= 15 is 0 Å². The molecule has 1 atom stereocenters. The van der Waals surface area contributed by atoms with Crippen LogP contribution in [0.2, 0.25) is 0 Å². The van der Waals surface area contributed by atoms with Gasteiger partial charge >= 0.3 is 0 Å². The molecule has 0 saturated carbocycles. The Bertz CT molecular complexity index is 765. The Morgan fingerprint density at radius 1 is 1.41 bits per heavy atom. The van der Waals surface area contributed by atoms with Crippen molar-refractivity contribution in [2.75, 3.05) is 0 Å². The molecule has 3 rings (SSSR count). The molecule has 7 heteroatoms. The average molecular weight is 315 g/mol. The van der Waals surface area contributed by atoms with Crippen molar-refractivity contribution in [3.8, 4) is 0 Å². The maximum atomic E-state index is 12.5. The van der Waals surface area contributed by atoms with E-state index in [1.165, 1.54) is 17.7 Å². The molecule has 3 aromatic rings. The van der Waals surface area contributed by atoms with Crippen LogP contribution in [0.3, 0.4) is 0 Å². The van der Waals surface area contributed by atoms with Crippen LogP contribution in [-0.4, -0.2) is 31.7 Å². The minimum atomic E-state index is -0.0749. The molecule has 0 unspecified atom stereocenters. The highest BCUT2D eigenvalue weighted by Gasteiger charge is 2.18. The maximum absolute atomic E-state index is 12.5. The molecular weight excluding hydrogens is 298 g/mol. The van der Waals surface area contributed by atoms with E-state index in [0.29, 0.717) is 18.0 Å². The van der Waals surface area contributed by atoms with Crippen molar-refractivity contribution in [2.45, 2.75) is 26.4 Å². The van der Waals surface area contributed by atoms with Gasteiger partial charge in [0.15, 0.2) is 0 Å². The van der Waals surface area contributed by atoms with Crippen LogP contribution in [0, 0.1) is 5.92 Å². The van der Waals surface area contributed by atoms with E-state index in [2.05, 4.69) is 34.2 Å². The van der Waals surface area contributed by atoms with Crippen molar-refractivity contribution < 1.29 is 4.79 Å². The fraction of sp³-hybridized carbons (Fsp3) is 0.333.